The smallest absolute Gasteiger partial charge is 0.336 e. The number of fused-ring (bicyclic) bond motifs is 1. The number of aliphatic carboxylic acids is 2. The average Bonchev–Trinajstić information content (AvgIpc) is 2.51. The number of carboxylic acids is 2. The van der Waals surface area contributed by atoms with Crippen LogP contribution in [-0.4, -0.2) is 43.8 Å². The summed E-state index contributed by atoms with van der Waals surface area (Å²) in [6.07, 6.45) is -2.08. The summed E-state index contributed by atoms with van der Waals surface area (Å²) in [6.45, 7) is -0.216. The van der Waals surface area contributed by atoms with Gasteiger partial charge in [0.25, 0.3) is 0 Å². The maximum absolute atomic E-state index is 11.7. The Kier molecular flexibility index (Phi) is 5.10. The van der Waals surface area contributed by atoms with Gasteiger partial charge in [-0.1, -0.05) is 24.3 Å². The monoisotopic (exact) mass is 333 g/mol. The highest BCUT2D eigenvalue weighted by molar-refractivity contribution is 5.88. The molecule has 0 fully saturated rings. The van der Waals surface area contributed by atoms with Crippen LogP contribution >= 0.6 is 0 Å². The summed E-state index contributed by atoms with van der Waals surface area (Å²) >= 11 is 0. The summed E-state index contributed by atoms with van der Waals surface area (Å²) in [5, 5.41) is 28.2. The lowest BCUT2D eigenvalue weighted by molar-refractivity contribution is -0.172. The van der Waals surface area contributed by atoms with Crippen molar-refractivity contribution in [1.82, 2.24) is 4.98 Å². The number of esters is 1. The molecule has 0 aliphatic carbocycles. The molecular weight excluding hydrogens is 318 g/mol. The van der Waals surface area contributed by atoms with Crippen molar-refractivity contribution in [2.45, 2.75) is 25.0 Å². The number of ether oxygens (including phenoxy) is 1. The lowest BCUT2D eigenvalue weighted by Gasteiger charge is -2.20. The molecule has 0 saturated carbocycles. The molecule has 0 amide bonds. The van der Waals surface area contributed by atoms with E-state index < -0.39 is 36.4 Å². The van der Waals surface area contributed by atoms with E-state index in [1.807, 2.05) is 18.2 Å². The molecule has 1 unspecified atom stereocenters. The van der Waals surface area contributed by atoms with Crippen LogP contribution in [0, 0.1) is 0 Å². The fourth-order valence-corrected chi connectivity index (χ4v) is 2.10. The Balaban J connectivity index is 2.00. The Morgan fingerprint density at radius 1 is 1.04 bits per heavy atom. The summed E-state index contributed by atoms with van der Waals surface area (Å²) in [6, 6.07) is 10.8. The molecule has 126 valence electrons. The van der Waals surface area contributed by atoms with Gasteiger partial charge in [-0.2, -0.15) is 0 Å². The zero-order valence-electron chi connectivity index (χ0n) is 12.5. The van der Waals surface area contributed by atoms with Crippen LogP contribution in [0.15, 0.2) is 36.4 Å². The summed E-state index contributed by atoms with van der Waals surface area (Å²) in [7, 11) is 0. The molecule has 3 N–H and O–H groups in total. The van der Waals surface area contributed by atoms with Gasteiger partial charge >= 0.3 is 17.9 Å². The van der Waals surface area contributed by atoms with E-state index in [2.05, 4.69) is 4.98 Å². The average molecular weight is 333 g/mol. The van der Waals surface area contributed by atoms with Gasteiger partial charge in [0, 0.05) is 5.39 Å². The SMILES string of the molecule is O=C(O)CC(O)(CC(=O)OCc1ccc2ccccc2n1)C(=O)O. The first-order chi connectivity index (χ1) is 11.3. The van der Waals surface area contributed by atoms with Gasteiger partial charge in [0.1, 0.15) is 6.61 Å². The fourth-order valence-electron chi connectivity index (χ4n) is 2.10. The van der Waals surface area contributed by atoms with Crippen molar-refractivity contribution in [3.63, 3.8) is 0 Å². The van der Waals surface area contributed by atoms with Crippen LogP contribution in [0.4, 0.5) is 0 Å². The van der Waals surface area contributed by atoms with E-state index in [-0.39, 0.29) is 6.61 Å². The molecule has 8 heteroatoms. The third-order valence-corrected chi connectivity index (χ3v) is 3.32. The van der Waals surface area contributed by atoms with Gasteiger partial charge in [0.2, 0.25) is 0 Å². The minimum atomic E-state index is -2.71. The zero-order chi connectivity index (χ0) is 17.7. The minimum Gasteiger partial charge on any atom is -0.481 e. The number of hydrogen-bond donors (Lipinski definition) is 3. The van der Waals surface area contributed by atoms with E-state index in [9.17, 15) is 19.5 Å². The quantitative estimate of drug-likeness (QED) is 0.638. The van der Waals surface area contributed by atoms with Gasteiger partial charge in [-0.3, -0.25) is 9.59 Å². The van der Waals surface area contributed by atoms with Crippen LogP contribution in [-0.2, 0) is 25.7 Å². The highest BCUT2D eigenvalue weighted by Gasteiger charge is 2.41. The maximum Gasteiger partial charge on any atom is 0.336 e. The molecule has 8 nitrogen and oxygen atoms in total. The van der Waals surface area contributed by atoms with Crippen LogP contribution in [0.1, 0.15) is 18.5 Å². The molecule has 24 heavy (non-hydrogen) atoms. The Morgan fingerprint density at radius 2 is 1.75 bits per heavy atom. The number of benzene rings is 1. The molecule has 1 aromatic carbocycles. The van der Waals surface area contributed by atoms with Gasteiger partial charge in [-0.25, -0.2) is 9.78 Å². The van der Waals surface area contributed by atoms with Crippen molar-refractivity contribution >= 4 is 28.8 Å². The van der Waals surface area contributed by atoms with Crippen LogP contribution in [0.3, 0.4) is 0 Å². The zero-order valence-corrected chi connectivity index (χ0v) is 12.5. The summed E-state index contributed by atoms with van der Waals surface area (Å²) < 4.78 is 4.89. The fraction of sp³-hybridized carbons (Fsp3) is 0.250. The minimum absolute atomic E-state index is 0.216. The summed E-state index contributed by atoms with van der Waals surface area (Å²) in [5.74, 6) is -4.37. The number of aliphatic hydroxyl groups is 1. The predicted molar refractivity (Wildman–Crippen MR) is 81.0 cm³/mol. The first-order valence-corrected chi connectivity index (χ1v) is 6.98. The predicted octanol–water partition coefficient (Wildman–Crippen LogP) is 0.958. The standard InChI is InChI=1S/C16H15NO7/c18-13(19)7-16(23,15(21)22)8-14(20)24-9-11-6-5-10-3-1-2-4-12(10)17-11/h1-6,23H,7-9H2,(H,18,19)(H,21,22). The molecule has 0 radical (unpaired) electrons. The summed E-state index contributed by atoms with van der Waals surface area (Å²) in [5.41, 5.74) is -1.56. The Hall–Kier alpha value is -3.00. The molecule has 1 atom stereocenters. The number of pyridine rings is 1. The van der Waals surface area contributed by atoms with Crippen LogP contribution in [0.25, 0.3) is 10.9 Å². The Morgan fingerprint density at radius 3 is 2.42 bits per heavy atom. The Labute approximate surface area is 136 Å². The van der Waals surface area contributed by atoms with Gasteiger partial charge in [0.05, 0.1) is 24.1 Å². The second kappa shape index (κ2) is 7.05. The highest BCUT2D eigenvalue weighted by atomic mass is 16.5. The van der Waals surface area contributed by atoms with Gasteiger partial charge in [-0.05, 0) is 12.1 Å². The lowest BCUT2D eigenvalue weighted by atomic mass is 9.96. The molecule has 0 bridgehead atoms. The normalized spacial score (nSPS) is 13.2. The second-order valence-electron chi connectivity index (χ2n) is 5.24. The van der Waals surface area contributed by atoms with E-state index in [0.717, 1.165) is 5.39 Å². The number of aromatic nitrogens is 1. The molecule has 0 aliphatic rings. The van der Waals surface area contributed by atoms with Gasteiger partial charge in [0.15, 0.2) is 5.60 Å². The lowest BCUT2D eigenvalue weighted by Crippen LogP contribution is -2.43. The molecule has 0 saturated heterocycles. The number of rotatable bonds is 7. The molecule has 1 aromatic heterocycles. The molecular formula is C16H15NO7. The maximum atomic E-state index is 11.7. The van der Waals surface area contributed by atoms with E-state index in [0.29, 0.717) is 11.2 Å². The number of hydrogen-bond acceptors (Lipinski definition) is 6. The second-order valence-corrected chi connectivity index (χ2v) is 5.24. The Bertz CT molecular complexity index is 789. The van der Waals surface area contributed by atoms with Crippen molar-refractivity contribution in [2.75, 3.05) is 0 Å². The number of nitrogens with zero attached hydrogens (tertiary/aromatic N) is 1. The molecule has 0 spiro atoms. The first kappa shape index (κ1) is 17.4. The molecule has 1 heterocycles. The van der Waals surface area contributed by atoms with Crippen molar-refractivity contribution in [2.24, 2.45) is 0 Å². The largest absolute Gasteiger partial charge is 0.481 e. The number of carbonyl (C=O) groups excluding carboxylic acids is 1. The van der Waals surface area contributed by atoms with Gasteiger partial charge in [-0.15, -0.1) is 0 Å². The van der Waals surface area contributed by atoms with Crippen molar-refractivity contribution in [1.29, 1.82) is 0 Å². The van der Waals surface area contributed by atoms with Crippen LogP contribution in [0.2, 0.25) is 0 Å². The van der Waals surface area contributed by atoms with E-state index in [4.69, 9.17) is 14.9 Å². The molecule has 2 aromatic rings. The van der Waals surface area contributed by atoms with Gasteiger partial charge < -0.3 is 20.1 Å². The van der Waals surface area contributed by atoms with Crippen molar-refractivity contribution in [3.8, 4) is 0 Å². The third kappa shape index (κ3) is 4.26. The van der Waals surface area contributed by atoms with Crippen LogP contribution < -0.4 is 0 Å². The molecule has 2 rings (SSSR count). The third-order valence-electron chi connectivity index (χ3n) is 3.32. The molecule has 0 aliphatic heterocycles. The summed E-state index contributed by atoms with van der Waals surface area (Å²) in [4.78, 5) is 37.6. The van der Waals surface area contributed by atoms with Crippen molar-refractivity contribution < 1.29 is 34.4 Å². The highest BCUT2D eigenvalue weighted by Crippen LogP contribution is 2.18. The topological polar surface area (TPSA) is 134 Å². The van der Waals surface area contributed by atoms with E-state index >= 15 is 0 Å². The van der Waals surface area contributed by atoms with E-state index in [1.54, 1.807) is 18.2 Å². The van der Waals surface area contributed by atoms with Crippen LogP contribution in [0.5, 0.6) is 0 Å². The number of carboxylic acid groups (broad SMARTS) is 2. The number of carbonyl (C=O) groups is 3. The van der Waals surface area contributed by atoms with Crippen molar-refractivity contribution in [3.05, 3.63) is 42.1 Å². The van der Waals surface area contributed by atoms with E-state index in [1.165, 1.54) is 0 Å². The number of para-hydroxylation sites is 1. The first-order valence-electron chi connectivity index (χ1n) is 6.98.